The molecule has 4 aromatic rings. The third-order valence-electron chi connectivity index (χ3n) is 5.50. The van der Waals surface area contributed by atoms with Gasteiger partial charge in [-0.1, -0.05) is 97.6 Å². The van der Waals surface area contributed by atoms with Gasteiger partial charge in [-0.05, 0) is 62.6 Å². The molecular formula is C27H20. The summed E-state index contributed by atoms with van der Waals surface area (Å²) in [6.07, 6.45) is 3.02. The summed E-state index contributed by atoms with van der Waals surface area (Å²) in [4.78, 5) is 0. The second kappa shape index (κ2) is 6.41. The van der Waals surface area contributed by atoms with E-state index in [1.54, 1.807) is 0 Å². The van der Waals surface area contributed by atoms with Crippen LogP contribution in [0.4, 0.5) is 0 Å². The molecule has 0 N–H and O–H groups in total. The second-order valence-corrected chi connectivity index (χ2v) is 7.01. The second-order valence-electron chi connectivity index (χ2n) is 7.01. The van der Waals surface area contributed by atoms with E-state index < -0.39 is 0 Å². The van der Waals surface area contributed by atoms with Gasteiger partial charge in [0.1, 0.15) is 0 Å². The molecule has 1 aliphatic rings. The Morgan fingerprint density at radius 2 is 1.26 bits per heavy atom. The Morgan fingerprint density at radius 1 is 0.630 bits per heavy atom. The first-order chi connectivity index (χ1) is 13.4. The first-order valence-corrected chi connectivity index (χ1v) is 9.38. The highest BCUT2D eigenvalue weighted by molar-refractivity contribution is 5.96. The Kier molecular flexibility index (Phi) is 3.76. The van der Waals surface area contributed by atoms with E-state index in [1.807, 2.05) is 6.08 Å². The van der Waals surface area contributed by atoms with Crippen LogP contribution in [0.1, 0.15) is 16.7 Å². The Labute approximate surface area is 160 Å². The molecule has 0 heteroatoms. The smallest absolute Gasteiger partial charge is 0.000728 e. The topological polar surface area (TPSA) is 0 Å². The molecule has 0 amide bonds. The number of hydrogen-bond donors (Lipinski definition) is 0. The fourth-order valence-corrected chi connectivity index (χ4v) is 4.29. The van der Waals surface area contributed by atoms with Crippen LogP contribution in [0.3, 0.4) is 0 Å². The van der Waals surface area contributed by atoms with Crippen molar-refractivity contribution >= 4 is 6.08 Å². The van der Waals surface area contributed by atoms with Crippen molar-refractivity contribution in [3.05, 3.63) is 114 Å². The van der Waals surface area contributed by atoms with Crippen molar-refractivity contribution < 1.29 is 0 Å². The quantitative estimate of drug-likeness (QED) is 0.324. The zero-order valence-electron chi connectivity index (χ0n) is 15.2. The van der Waals surface area contributed by atoms with Crippen molar-refractivity contribution in [1.82, 2.24) is 0 Å². The molecule has 27 heavy (non-hydrogen) atoms. The highest BCUT2D eigenvalue weighted by Gasteiger charge is 2.25. The minimum absolute atomic E-state index is 0.974. The van der Waals surface area contributed by atoms with Gasteiger partial charge in [0.15, 0.2) is 0 Å². The molecule has 0 radical (unpaired) electrons. The lowest BCUT2D eigenvalue weighted by Gasteiger charge is -2.18. The lowest BCUT2D eigenvalue weighted by molar-refractivity contribution is 1.25. The highest BCUT2D eigenvalue weighted by Crippen LogP contribution is 2.46. The van der Waals surface area contributed by atoms with Crippen LogP contribution in [-0.2, 0) is 6.42 Å². The highest BCUT2D eigenvalue weighted by atomic mass is 14.3. The first kappa shape index (κ1) is 15.8. The van der Waals surface area contributed by atoms with Gasteiger partial charge in [-0.25, -0.2) is 0 Å². The molecule has 0 aromatic heterocycles. The normalized spacial score (nSPS) is 11.7. The van der Waals surface area contributed by atoms with Crippen LogP contribution in [-0.4, -0.2) is 0 Å². The number of fused-ring (bicyclic) bond motifs is 3. The lowest BCUT2D eigenvalue weighted by Crippen LogP contribution is -1.95. The van der Waals surface area contributed by atoms with Gasteiger partial charge in [-0.3, -0.25) is 0 Å². The third-order valence-corrected chi connectivity index (χ3v) is 5.50. The number of rotatable bonds is 3. The van der Waals surface area contributed by atoms with Gasteiger partial charge in [0.25, 0.3) is 0 Å². The van der Waals surface area contributed by atoms with Gasteiger partial charge in [-0.2, -0.15) is 0 Å². The molecule has 0 unspecified atom stereocenters. The summed E-state index contributed by atoms with van der Waals surface area (Å²) in [5.74, 6) is 0. The van der Waals surface area contributed by atoms with E-state index in [0.29, 0.717) is 0 Å². The maximum atomic E-state index is 4.19. The van der Waals surface area contributed by atoms with Crippen LogP contribution >= 0.6 is 0 Å². The van der Waals surface area contributed by atoms with Crippen LogP contribution in [0.15, 0.2) is 97.6 Å². The fraction of sp³-hybridized carbons (Fsp3) is 0.0370. The zero-order chi connectivity index (χ0) is 18.2. The molecule has 128 valence electrons. The summed E-state index contributed by atoms with van der Waals surface area (Å²) in [7, 11) is 0. The van der Waals surface area contributed by atoms with E-state index in [1.165, 1.54) is 50.1 Å². The average molecular weight is 344 g/mol. The molecule has 4 aromatic carbocycles. The molecule has 5 rings (SSSR count). The van der Waals surface area contributed by atoms with E-state index in [-0.39, 0.29) is 0 Å². The predicted molar refractivity (Wildman–Crippen MR) is 116 cm³/mol. The van der Waals surface area contributed by atoms with E-state index in [4.69, 9.17) is 0 Å². The fourth-order valence-electron chi connectivity index (χ4n) is 4.29. The molecule has 0 nitrogen and oxygen atoms in total. The SMILES string of the molecule is C=Cc1c2c(cc(-c3ccccc3)c1-c1ccccc1)-c1ccccc1C2. The summed E-state index contributed by atoms with van der Waals surface area (Å²) >= 11 is 0. The molecule has 1 aliphatic carbocycles. The summed E-state index contributed by atoms with van der Waals surface area (Å²) < 4.78 is 0. The monoisotopic (exact) mass is 344 g/mol. The maximum absolute atomic E-state index is 4.19. The number of hydrogen-bond acceptors (Lipinski definition) is 0. The largest absolute Gasteiger partial charge is 0.0984 e. The van der Waals surface area contributed by atoms with Crippen LogP contribution in [0, 0.1) is 0 Å². The Balaban J connectivity index is 1.88. The van der Waals surface area contributed by atoms with Crippen molar-refractivity contribution in [3.63, 3.8) is 0 Å². The average Bonchev–Trinajstić information content (AvgIpc) is 3.12. The van der Waals surface area contributed by atoms with E-state index >= 15 is 0 Å². The van der Waals surface area contributed by atoms with Crippen molar-refractivity contribution in [2.45, 2.75) is 6.42 Å². The molecule has 0 saturated carbocycles. The standard InChI is InChI=1S/C27H20/c1-2-22-25-17-21-15-9-10-16-23(21)26(25)18-24(19-11-5-3-6-12-19)27(22)20-13-7-4-8-14-20/h2-16,18H,1,17H2. The van der Waals surface area contributed by atoms with Crippen molar-refractivity contribution in [1.29, 1.82) is 0 Å². The van der Waals surface area contributed by atoms with Gasteiger partial charge in [0, 0.05) is 0 Å². The van der Waals surface area contributed by atoms with E-state index in [2.05, 4.69) is 97.6 Å². The third kappa shape index (κ3) is 2.53. The molecule has 0 aliphatic heterocycles. The molecular weight excluding hydrogens is 324 g/mol. The molecule has 0 atom stereocenters. The minimum Gasteiger partial charge on any atom is -0.0984 e. The Morgan fingerprint density at radius 3 is 1.96 bits per heavy atom. The molecule has 0 heterocycles. The number of benzene rings is 4. The summed E-state index contributed by atoms with van der Waals surface area (Å²) in [6.45, 7) is 4.19. The lowest BCUT2D eigenvalue weighted by atomic mass is 9.85. The van der Waals surface area contributed by atoms with Gasteiger partial charge in [0.05, 0.1) is 0 Å². The molecule has 0 spiro atoms. The summed E-state index contributed by atoms with van der Waals surface area (Å²) in [6, 6.07) is 32.5. The maximum Gasteiger partial charge on any atom is -0.000728 e. The molecule has 0 bridgehead atoms. The predicted octanol–water partition coefficient (Wildman–Crippen LogP) is 7.23. The van der Waals surface area contributed by atoms with Gasteiger partial charge in [0.2, 0.25) is 0 Å². The Hall–Kier alpha value is -3.38. The van der Waals surface area contributed by atoms with Crippen LogP contribution in [0.5, 0.6) is 0 Å². The van der Waals surface area contributed by atoms with Crippen molar-refractivity contribution in [3.8, 4) is 33.4 Å². The van der Waals surface area contributed by atoms with Crippen molar-refractivity contribution in [2.75, 3.05) is 0 Å². The van der Waals surface area contributed by atoms with E-state index in [0.717, 1.165) is 6.42 Å². The van der Waals surface area contributed by atoms with Gasteiger partial charge in [-0.15, -0.1) is 0 Å². The molecule has 0 fully saturated rings. The summed E-state index contributed by atoms with van der Waals surface area (Å²) in [5.41, 5.74) is 11.8. The van der Waals surface area contributed by atoms with Crippen LogP contribution in [0.2, 0.25) is 0 Å². The molecule has 0 saturated heterocycles. The van der Waals surface area contributed by atoms with Crippen molar-refractivity contribution in [2.24, 2.45) is 0 Å². The first-order valence-electron chi connectivity index (χ1n) is 9.38. The van der Waals surface area contributed by atoms with Crippen LogP contribution < -0.4 is 0 Å². The van der Waals surface area contributed by atoms with Gasteiger partial charge >= 0.3 is 0 Å². The minimum atomic E-state index is 0.974. The van der Waals surface area contributed by atoms with Gasteiger partial charge < -0.3 is 0 Å². The Bertz CT molecular complexity index is 1140. The zero-order valence-corrected chi connectivity index (χ0v) is 15.2. The van der Waals surface area contributed by atoms with Crippen LogP contribution in [0.25, 0.3) is 39.5 Å². The summed E-state index contributed by atoms with van der Waals surface area (Å²) in [5, 5.41) is 0. The van der Waals surface area contributed by atoms with E-state index in [9.17, 15) is 0 Å².